The highest BCUT2D eigenvalue weighted by molar-refractivity contribution is 5.89. The number of likely N-dealkylation sites (tertiary alicyclic amines) is 1. The minimum absolute atomic E-state index is 0.189. The highest BCUT2D eigenvalue weighted by Crippen LogP contribution is 2.42. The number of carbonyl (C=O) groups is 2. The number of nitrogens with zero attached hydrogens (tertiary/aromatic N) is 1. The molecule has 0 spiro atoms. The standard InChI is InChI=1S/C17H21F2N3O2/c18-11-3-4-13(14(19)9-11)17(6-1-2-7-17)15(23)21-12-5-8-22(10-12)16(20)24/h3-4,9,12H,1-2,5-8,10H2,(H2,20,24)(H,21,23)/t12-/m1/s1. The average molecular weight is 337 g/mol. The highest BCUT2D eigenvalue weighted by atomic mass is 19.1. The molecule has 1 aromatic carbocycles. The molecule has 1 saturated carbocycles. The zero-order valence-corrected chi connectivity index (χ0v) is 13.4. The fraction of sp³-hybridized carbons (Fsp3) is 0.529. The monoisotopic (exact) mass is 337 g/mol. The summed E-state index contributed by atoms with van der Waals surface area (Å²) in [5.41, 5.74) is 4.55. The van der Waals surface area contributed by atoms with E-state index in [4.69, 9.17) is 5.73 Å². The molecule has 3 N–H and O–H groups in total. The van der Waals surface area contributed by atoms with Gasteiger partial charge in [0.1, 0.15) is 11.6 Å². The molecule has 1 atom stereocenters. The topological polar surface area (TPSA) is 75.4 Å². The first kappa shape index (κ1) is 16.7. The van der Waals surface area contributed by atoms with Crippen LogP contribution < -0.4 is 11.1 Å². The largest absolute Gasteiger partial charge is 0.351 e. The number of nitrogens with two attached hydrogens (primary N) is 1. The van der Waals surface area contributed by atoms with E-state index in [0.29, 0.717) is 32.4 Å². The Kier molecular flexibility index (Phi) is 4.43. The summed E-state index contributed by atoms with van der Waals surface area (Å²) in [6.07, 6.45) is 3.34. The van der Waals surface area contributed by atoms with Crippen LogP contribution in [-0.2, 0) is 10.2 Å². The number of hydrogen-bond donors (Lipinski definition) is 2. The summed E-state index contributed by atoms with van der Waals surface area (Å²) in [5, 5.41) is 2.94. The van der Waals surface area contributed by atoms with Crippen molar-refractivity contribution in [3.8, 4) is 0 Å². The van der Waals surface area contributed by atoms with Crippen LogP contribution in [0.2, 0.25) is 0 Å². The van der Waals surface area contributed by atoms with Crippen molar-refractivity contribution in [2.75, 3.05) is 13.1 Å². The van der Waals surface area contributed by atoms with Gasteiger partial charge >= 0.3 is 6.03 Å². The Balaban J connectivity index is 1.80. The maximum Gasteiger partial charge on any atom is 0.314 e. The summed E-state index contributed by atoms with van der Waals surface area (Å²) >= 11 is 0. The molecule has 0 bridgehead atoms. The van der Waals surface area contributed by atoms with Crippen LogP contribution in [0.4, 0.5) is 13.6 Å². The molecule has 3 rings (SSSR count). The molecule has 0 unspecified atom stereocenters. The van der Waals surface area contributed by atoms with Crippen molar-refractivity contribution in [1.82, 2.24) is 10.2 Å². The second-order valence-electron chi connectivity index (χ2n) is 6.66. The minimum Gasteiger partial charge on any atom is -0.351 e. The Bertz CT molecular complexity index is 659. The zero-order chi connectivity index (χ0) is 17.3. The third-order valence-corrected chi connectivity index (χ3v) is 5.17. The van der Waals surface area contributed by atoms with Gasteiger partial charge in [-0.15, -0.1) is 0 Å². The van der Waals surface area contributed by atoms with Gasteiger partial charge in [-0.25, -0.2) is 13.6 Å². The number of urea groups is 1. The maximum atomic E-state index is 14.3. The van der Waals surface area contributed by atoms with Crippen LogP contribution in [0.3, 0.4) is 0 Å². The van der Waals surface area contributed by atoms with Crippen molar-refractivity contribution < 1.29 is 18.4 Å². The van der Waals surface area contributed by atoms with Crippen LogP contribution in [0.15, 0.2) is 18.2 Å². The molecule has 1 heterocycles. The number of amides is 3. The number of benzene rings is 1. The van der Waals surface area contributed by atoms with Gasteiger partial charge in [0, 0.05) is 30.8 Å². The Hall–Kier alpha value is -2.18. The molecule has 3 amide bonds. The molecule has 1 saturated heterocycles. The van der Waals surface area contributed by atoms with Crippen molar-refractivity contribution in [2.45, 2.75) is 43.6 Å². The summed E-state index contributed by atoms with van der Waals surface area (Å²) in [4.78, 5) is 25.6. The maximum absolute atomic E-state index is 14.3. The second-order valence-corrected chi connectivity index (χ2v) is 6.66. The minimum atomic E-state index is -0.960. The molecular formula is C17H21F2N3O2. The van der Waals surface area contributed by atoms with E-state index in [9.17, 15) is 18.4 Å². The molecule has 0 radical (unpaired) electrons. The summed E-state index contributed by atoms with van der Waals surface area (Å²) in [6.45, 7) is 0.862. The van der Waals surface area contributed by atoms with Gasteiger partial charge in [0.15, 0.2) is 0 Å². The zero-order valence-electron chi connectivity index (χ0n) is 13.4. The van der Waals surface area contributed by atoms with E-state index in [1.807, 2.05) is 0 Å². The summed E-state index contributed by atoms with van der Waals surface area (Å²) in [7, 11) is 0. The lowest BCUT2D eigenvalue weighted by atomic mass is 9.77. The summed E-state index contributed by atoms with van der Waals surface area (Å²) < 4.78 is 27.5. The van der Waals surface area contributed by atoms with Gasteiger partial charge in [-0.05, 0) is 25.3 Å². The van der Waals surface area contributed by atoms with E-state index in [2.05, 4.69) is 5.32 Å². The van der Waals surface area contributed by atoms with Crippen LogP contribution in [0.5, 0.6) is 0 Å². The van der Waals surface area contributed by atoms with E-state index in [0.717, 1.165) is 18.9 Å². The van der Waals surface area contributed by atoms with Crippen molar-refractivity contribution in [2.24, 2.45) is 5.73 Å². The fourth-order valence-corrected chi connectivity index (χ4v) is 3.88. The molecule has 1 aliphatic heterocycles. The van der Waals surface area contributed by atoms with Crippen molar-refractivity contribution in [1.29, 1.82) is 0 Å². The lowest BCUT2D eigenvalue weighted by molar-refractivity contribution is -0.127. The van der Waals surface area contributed by atoms with Gasteiger partial charge in [-0.1, -0.05) is 18.9 Å². The summed E-state index contributed by atoms with van der Waals surface area (Å²) in [5.74, 6) is -1.59. The first-order valence-corrected chi connectivity index (χ1v) is 8.23. The SMILES string of the molecule is NC(=O)N1CC[C@@H](NC(=O)C2(c3ccc(F)cc3F)CCCC2)C1. The first-order valence-electron chi connectivity index (χ1n) is 8.23. The van der Waals surface area contributed by atoms with Crippen LogP contribution in [-0.4, -0.2) is 36.0 Å². The molecule has 0 aromatic heterocycles. The van der Waals surface area contributed by atoms with Crippen molar-refractivity contribution in [3.63, 3.8) is 0 Å². The van der Waals surface area contributed by atoms with Crippen LogP contribution in [0.25, 0.3) is 0 Å². The fourth-order valence-electron chi connectivity index (χ4n) is 3.88. The van der Waals surface area contributed by atoms with E-state index >= 15 is 0 Å². The number of nitrogens with one attached hydrogen (secondary N) is 1. The molecule has 2 aliphatic rings. The molecule has 24 heavy (non-hydrogen) atoms. The third-order valence-electron chi connectivity index (χ3n) is 5.17. The Morgan fingerprint density at radius 3 is 2.54 bits per heavy atom. The van der Waals surface area contributed by atoms with Crippen LogP contribution >= 0.6 is 0 Å². The smallest absolute Gasteiger partial charge is 0.314 e. The van der Waals surface area contributed by atoms with Gasteiger partial charge in [-0.2, -0.15) is 0 Å². The normalized spacial score (nSPS) is 22.6. The molecule has 130 valence electrons. The van der Waals surface area contributed by atoms with Gasteiger partial charge in [-0.3, -0.25) is 4.79 Å². The molecule has 2 fully saturated rings. The molecule has 5 nitrogen and oxygen atoms in total. The summed E-state index contributed by atoms with van der Waals surface area (Å²) in [6, 6.07) is 2.70. The van der Waals surface area contributed by atoms with E-state index in [1.54, 1.807) is 0 Å². The lowest BCUT2D eigenvalue weighted by Gasteiger charge is -2.30. The Morgan fingerprint density at radius 1 is 1.25 bits per heavy atom. The van der Waals surface area contributed by atoms with E-state index in [1.165, 1.54) is 17.0 Å². The molecule has 1 aromatic rings. The molecular weight excluding hydrogens is 316 g/mol. The predicted molar refractivity (Wildman–Crippen MR) is 84.2 cm³/mol. The van der Waals surface area contributed by atoms with E-state index < -0.39 is 23.1 Å². The predicted octanol–water partition coefficient (Wildman–Crippen LogP) is 2.05. The number of carbonyl (C=O) groups excluding carboxylic acids is 2. The molecule has 7 heteroatoms. The van der Waals surface area contributed by atoms with Gasteiger partial charge < -0.3 is 16.0 Å². The number of primary amides is 1. The number of halogens is 2. The average Bonchev–Trinajstić information content (AvgIpc) is 3.17. The highest BCUT2D eigenvalue weighted by Gasteiger charge is 2.45. The Morgan fingerprint density at radius 2 is 1.96 bits per heavy atom. The molecule has 1 aliphatic carbocycles. The van der Waals surface area contributed by atoms with Gasteiger partial charge in [0.2, 0.25) is 5.91 Å². The van der Waals surface area contributed by atoms with E-state index in [-0.39, 0.29) is 17.5 Å². The second kappa shape index (κ2) is 6.37. The lowest BCUT2D eigenvalue weighted by Crippen LogP contribution is -2.48. The van der Waals surface area contributed by atoms with Crippen LogP contribution in [0.1, 0.15) is 37.7 Å². The quantitative estimate of drug-likeness (QED) is 0.886. The van der Waals surface area contributed by atoms with Crippen LogP contribution in [0, 0.1) is 11.6 Å². The first-order chi connectivity index (χ1) is 11.4. The number of hydrogen-bond acceptors (Lipinski definition) is 2. The van der Waals surface area contributed by atoms with Gasteiger partial charge in [0.05, 0.1) is 5.41 Å². The third kappa shape index (κ3) is 2.95. The van der Waals surface area contributed by atoms with Crippen molar-refractivity contribution >= 4 is 11.9 Å². The van der Waals surface area contributed by atoms with Gasteiger partial charge in [0.25, 0.3) is 0 Å². The number of rotatable bonds is 3. The Labute approximate surface area is 139 Å². The van der Waals surface area contributed by atoms with Crippen molar-refractivity contribution in [3.05, 3.63) is 35.4 Å².